The molecule has 1 aromatic carbocycles. The van der Waals surface area contributed by atoms with Crippen LogP contribution in [0, 0.1) is 6.92 Å². The number of halogens is 1. The lowest BCUT2D eigenvalue weighted by atomic mass is 10.2. The summed E-state index contributed by atoms with van der Waals surface area (Å²) < 4.78 is 11.6. The number of hydrogen-bond acceptors (Lipinski definition) is 4. The molecule has 7 nitrogen and oxygen atoms in total. The highest BCUT2D eigenvalue weighted by Gasteiger charge is 2.16. The molecule has 28 heavy (non-hydrogen) atoms. The number of nitrogens with one attached hydrogen (secondary N) is 2. The highest BCUT2D eigenvalue weighted by molar-refractivity contribution is 14.0. The average Bonchev–Trinajstić information content (AvgIpc) is 3.14. The molecule has 1 saturated heterocycles. The fraction of sp³-hybridized carbons (Fsp3) is 0.600. The largest absolute Gasteiger partial charge is 0.489 e. The Balaban J connectivity index is 0.00000392. The maximum atomic E-state index is 11.8. The van der Waals surface area contributed by atoms with Crippen molar-refractivity contribution in [2.75, 3.05) is 40.3 Å². The summed E-state index contributed by atoms with van der Waals surface area (Å²) in [6.07, 6.45) is 2.28. The summed E-state index contributed by atoms with van der Waals surface area (Å²) in [6.45, 7) is 6.19. The molecule has 1 amide bonds. The first-order valence-electron chi connectivity index (χ1n) is 9.51. The Morgan fingerprint density at radius 3 is 2.82 bits per heavy atom. The minimum Gasteiger partial charge on any atom is -0.489 e. The van der Waals surface area contributed by atoms with E-state index in [-0.39, 0.29) is 48.6 Å². The van der Waals surface area contributed by atoms with Gasteiger partial charge >= 0.3 is 0 Å². The van der Waals surface area contributed by atoms with Gasteiger partial charge in [-0.1, -0.05) is 12.1 Å². The van der Waals surface area contributed by atoms with Crippen molar-refractivity contribution in [3.05, 3.63) is 29.8 Å². The van der Waals surface area contributed by atoms with Crippen LogP contribution in [0.25, 0.3) is 0 Å². The maximum absolute atomic E-state index is 11.8. The molecule has 8 heteroatoms. The molecule has 158 valence electrons. The Morgan fingerprint density at radius 1 is 1.39 bits per heavy atom. The maximum Gasteiger partial charge on any atom is 0.243 e. The molecule has 2 rings (SSSR count). The number of nitrogens with zero attached hydrogens (tertiary/aromatic N) is 2. The molecule has 2 N–H and O–H groups in total. The minimum atomic E-state index is -0.0499. The van der Waals surface area contributed by atoms with Crippen LogP contribution < -0.4 is 15.4 Å². The SMILES string of the molecule is Cc1cccc(OC(C)CNC(=NCC(=O)N(C)C)NCC2CCCO2)c1.I. The van der Waals surface area contributed by atoms with E-state index in [0.29, 0.717) is 19.0 Å². The van der Waals surface area contributed by atoms with Crippen molar-refractivity contribution in [1.29, 1.82) is 0 Å². The van der Waals surface area contributed by atoms with Crippen molar-refractivity contribution in [3.63, 3.8) is 0 Å². The number of ether oxygens (including phenoxy) is 2. The average molecular weight is 504 g/mol. The molecule has 0 radical (unpaired) electrons. The third kappa shape index (κ3) is 9.09. The van der Waals surface area contributed by atoms with E-state index in [1.165, 1.54) is 4.90 Å². The number of hydrogen-bond donors (Lipinski definition) is 2. The molecule has 0 bridgehead atoms. The summed E-state index contributed by atoms with van der Waals surface area (Å²) >= 11 is 0. The van der Waals surface area contributed by atoms with Gasteiger partial charge in [-0.05, 0) is 44.4 Å². The van der Waals surface area contributed by atoms with Crippen molar-refractivity contribution < 1.29 is 14.3 Å². The van der Waals surface area contributed by atoms with E-state index in [0.717, 1.165) is 30.8 Å². The molecule has 2 atom stereocenters. The highest BCUT2D eigenvalue weighted by atomic mass is 127. The van der Waals surface area contributed by atoms with Gasteiger partial charge in [-0.2, -0.15) is 0 Å². The van der Waals surface area contributed by atoms with Crippen molar-refractivity contribution in [1.82, 2.24) is 15.5 Å². The lowest BCUT2D eigenvalue weighted by molar-refractivity contribution is -0.127. The Labute approximate surface area is 185 Å². The van der Waals surface area contributed by atoms with Crippen LogP contribution in [-0.2, 0) is 9.53 Å². The Kier molecular flexibility index (Phi) is 11.2. The van der Waals surface area contributed by atoms with Crippen molar-refractivity contribution in [2.45, 2.75) is 38.9 Å². The number of guanidine groups is 1. The van der Waals surface area contributed by atoms with Crippen LogP contribution in [0.4, 0.5) is 0 Å². The quantitative estimate of drug-likeness (QED) is 0.323. The number of likely N-dealkylation sites (N-methyl/N-ethyl adjacent to an activating group) is 1. The van der Waals surface area contributed by atoms with E-state index in [4.69, 9.17) is 9.47 Å². The molecular formula is C20H33IN4O3. The van der Waals surface area contributed by atoms with Crippen LogP contribution >= 0.6 is 24.0 Å². The van der Waals surface area contributed by atoms with Crippen LogP contribution in [0.1, 0.15) is 25.3 Å². The van der Waals surface area contributed by atoms with E-state index in [1.54, 1.807) is 14.1 Å². The minimum absolute atomic E-state index is 0. The Morgan fingerprint density at radius 2 is 2.18 bits per heavy atom. The lowest BCUT2D eigenvalue weighted by Gasteiger charge is -2.19. The molecule has 1 aromatic rings. The van der Waals surface area contributed by atoms with Crippen LogP contribution in [0.5, 0.6) is 5.75 Å². The number of benzene rings is 1. The molecule has 0 aromatic heterocycles. The molecule has 1 aliphatic heterocycles. The summed E-state index contributed by atoms with van der Waals surface area (Å²) in [5.74, 6) is 1.40. The third-order valence-corrected chi connectivity index (χ3v) is 4.28. The standard InChI is InChI=1S/C20H32N4O3.HI/c1-15-7-5-8-17(11-15)27-16(2)12-21-20(23-14-19(25)24(3)4)22-13-18-9-6-10-26-18;/h5,7-8,11,16,18H,6,9-10,12-14H2,1-4H3,(H2,21,22,23);1H. The van der Waals surface area contributed by atoms with Crippen LogP contribution in [0.15, 0.2) is 29.3 Å². The summed E-state index contributed by atoms with van der Waals surface area (Å²) in [6, 6.07) is 7.98. The summed E-state index contributed by atoms with van der Waals surface area (Å²) in [5.41, 5.74) is 1.16. The van der Waals surface area contributed by atoms with E-state index >= 15 is 0 Å². The molecular weight excluding hydrogens is 471 g/mol. The smallest absolute Gasteiger partial charge is 0.243 e. The molecule has 2 unspecified atom stereocenters. The first kappa shape index (κ1) is 24.5. The summed E-state index contributed by atoms with van der Waals surface area (Å²) in [5, 5.41) is 6.53. The monoisotopic (exact) mass is 504 g/mol. The topological polar surface area (TPSA) is 75.2 Å². The molecule has 0 saturated carbocycles. The van der Waals surface area contributed by atoms with E-state index in [1.807, 2.05) is 38.1 Å². The number of amides is 1. The second-order valence-electron chi connectivity index (χ2n) is 7.09. The molecule has 1 heterocycles. The van der Waals surface area contributed by atoms with Crippen LogP contribution in [-0.4, -0.2) is 69.3 Å². The fourth-order valence-electron chi connectivity index (χ4n) is 2.68. The Hall–Kier alpha value is -1.55. The van der Waals surface area contributed by atoms with Crippen molar-refractivity contribution in [3.8, 4) is 5.75 Å². The number of rotatable bonds is 8. The van der Waals surface area contributed by atoms with Crippen molar-refractivity contribution in [2.24, 2.45) is 4.99 Å². The number of carbonyl (C=O) groups excluding carboxylic acids is 1. The third-order valence-electron chi connectivity index (χ3n) is 4.28. The second kappa shape index (κ2) is 12.8. The number of aliphatic imine (C=N–C) groups is 1. The zero-order valence-corrected chi connectivity index (χ0v) is 19.6. The van der Waals surface area contributed by atoms with Gasteiger partial charge in [0.05, 0.1) is 12.6 Å². The van der Waals surface area contributed by atoms with Gasteiger partial charge in [-0.3, -0.25) is 4.79 Å². The van der Waals surface area contributed by atoms with E-state index in [9.17, 15) is 4.79 Å². The zero-order chi connectivity index (χ0) is 19.6. The van der Waals surface area contributed by atoms with E-state index < -0.39 is 0 Å². The van der Waals surface area contributed by atoms with Gasteiger partial charge in [-0.15, -0.1) is 24.0 Å². The predicted octanol–water partition coefficient (Wildman–Crippen LogP) is 2.18. The normalized spacial score (nSPS) is 17.4. The van der Waals surface area contributed by atoms with E-state index in [2.05, 4.69) is 15.6 Å². The van der Waals surface area contributed by atoms with Gasteiger partial charge in [-0.25, -0.2) is 4.99 Å². The highest BCUT2D eigenvalue weighted by Crippen LogP contribution is 2.14. The first-order valence-corrected chi connectivity index (χ1v) is 9.51. The second-order valence-corrected chi connectivity index (χ2v) is 7.09. The lowest BCUT2D eigenvalue weighted by Crippen LogP contribution is -2.44. The summed E-state index contributed by atoms with van der Waals surface area (Å²) in [7, 11) is 3.45. The van der Waals surface area contributed by atoms with Crippen molar-refractivity contribution >= 4 is 35.8 Å². The van der Waals surface area contributed by atoms with Gasteiger partial charge < -0.3 is 25.0 Å². The van der Waals surface area contributed by atoms with Crippen LogP contribution in [0.3, 0.4) is 0 Å². The first-order chi connectivity index (χ1) is 12.9. The van der Waals surface area contributed by atoms with Gasteiger partial charge in [0, 0.05) is 27.2 Å². The van der Waals surface area contributed by atoms with Gasteiger partial charge in [0.1, 0.15) is 18.4 Å². The summed E-state index contributed by atoms with van der Waals surface area (Å²) in [4.78, 5) is 17.8. The van der Waals surface area contributed by atoms with Gasteiger partial charge in [0.25, 0.3) is 0 Å². The molecule has 1 aliphatic rings. The fourth-order valence-corrected chi connectivity index (χ4v) is 2.68. The van der Waals surface area contributed by atoms with Gasteiger partial charge in [0.15, 0.2) is 5.96 Å². The number of carbonyl (C=O) groups is 1. The predicted molar refractivity (Wildman–Crippen MR) is 123 cm³/mol. The van der Waals surface area contributed by atoms with Gasteiger partial charge in [0.2, 0.25) is 5.91 Å². The Bertz CT molecular complexity index is 634. The zero-order valence-electron chi connectivity index (χ0n) is 17.2. The molecule has 1 fully saturated rings. The van der Waals surface area contributed by atoms with Crippen LogP contribution in [0.2, 0.25) is 0 Å². The number of aryl methyl sites for hydroxylation is 1. The molecule has 0 spiro atoms. The molecule has 0 aliphatic carbocycles.